The van der Waals surface area contributed by atoms with E-state index in [1.807, 2.05) is 7.11 Å². The van der Waals surface area contributed by atoms with Gasteiger partial charge >= 0.3 is 0 Å². The maximum atomic E-state index is 5.88. The van der Waals surface area contributed by atoms with Gasteiger partial charge in [-0.15, -0.1) is 0 Å². The molecule has 1 aliphatic heterocycles. The highest BCUT2D eigenvalue weighted by Crippen LogP contribution is 2.24. The SMILES string of the molecule is COC1CCCN(c2ccc(CC(C)N)c(C)c2)C1. The van der Waals surface area contributed by atoms with Crippen molar-refractivity contribution in [2.75, 3.05) is 25.1 Å². The molecule has 0 radical (unpaired) electrons. The van der Waals surface area contributed by atoms with E-state index in [1.54, 1.807) is 0 Å². The van der Waals surface area contributed by atoms with Crippen LogP contribution >= 0.6 is 0 Å². The van der Waals surface area contributed by atoms with Crippen LogP contribution < -0.4 is 10.6 Å². The van der Waals surface area contributed by atoms with Crippen molar-refractivity contribution in [3.8, 4) is 0 Å². The fraction of sp³-hybridized carbons (Fsp3) is 0.625. The zero-order chi connectivity index (χ0) is 13.8. The summed E-state index contributed by atoms with van der Waals surface area (Å²) in [7, 11) is 1.81. The van der Waals surface area contributed by atoms with Crippen LogP contribution in [-0.2, 0) is 11.2 Å². The minimum absolute atomic E-state index is 0.220. The third-order valence-corrected chi connectivity index (χ3v) is 3.94. The Hall–Kier alpha value is -1.06. The molecule has 2 N–H and O–H groups in total. The largest absolute Gasteiger partial charge is 0.380 e. The molecule has 0 amide bonds. The predicted octanol–water partition coefficient (Wildman–Crippen LogP) is 2.50. The average Bonchev–Trinajstić information content (AvgIpc) is 2.40. The number of piperidine rings is 1. The van der Waals surface area contributed by atoms with E-state index in [1.165, 1.54) is 29.7 Å². The second kappa shape index (κ2) is 6.40. The molecule has 1 fully saturated rings. The molecule has 3 heteroatoms. The minimum Gasteiger partial charge on any atom is -0.380 e. The van der Waals surface area contributed by atoms with Crippen molar-refractivity contribution in [3.63, 3.8) is 0 Å². The van der Waals surface area contributed by atoms with Gasteiger partial charge < -0.3 is 15.4 Å². The van der Waals surface area contributed by atoms with Crippen LogP contribution in [0.2, 0.25) is 0 Å². The number of benzene rings is 1. The summed E-state index contributed by atoms with van der Waals surface area (Å²) in [6.45, 7) is 6.37. The van der Waals surface area contributed by atoms with Gasteiger partial charge in [0.2, 0.25) is 0 Å². The van der Waals surface area contributed by atoms with E-state index < -0.39 is 0 Å². The van der Waals surface area contributed by atoms with E-state index in [2.05, 4.69) is 36.9 Å². The fourth-order valence-corrected chi connectivity index (χ4v) is 2.82. The number of nitrogens with two attached hydrogens (primary N) is 1. The molecule has 1 aromatic carbocycles. The number of rotatable bonds is 4. The quantitative estimate of drug-likeness (QED) is 0.906. The molecular weight excluding hydrogens is 236 g/mol. The number of aryl methyl sites for hydroxylation is 1. The Kier molecular flexibility index (Phi) is 4.83. The number of nitrogens with zero attached hydrogens (tertiary/aromatic N) is 1. The lowest BCUT2D eigenvalue weighted by Gasteiger charge is -2.34. The van der Waals surface area contributed by atoms with E-state index >= 15 is 0 Å². The molecule has 0 aliphatic carbocycles. The van der Waals surface area contributed by atoms with Gasteiger partial charge in [0.1, 0.15) is 0 Å². The Labute approximate surface area is 116 Å². The molecule has 0 saturated carbocycles. The number of hydrogen-bond acceptors (Lipinski definition) is 3. The van der Waals surface area contributed by atoms with E-state index in [0.717, 1.165) is 19.5 Å². The molecule has 2 atom stereocenters. The first kappa shape index (κ1) is 14.4. The molecular formula is C16H26N2O. The van der Waals surface area contributed by atoms with E-state index in [-0.39, 0.29) is 6.04 Å². The average molecular weight is 262 g/mol. The molecule has 19 heavy (non-hydrogen) atoms. The summed E-state index contributed by atoms with van der Waals surface area (Å²) in [4.78, 5) is 2.43. The van der Waals surface area contributed by atoms with Crippen LogP contribution in [0.15, 0.2) is 18.2 Å². The summed E-state index contributed by atoms with van der Waals surface area (Å²) in [5.41, 5.74) is 9.90. The summed E-state index contributed by atoms with van der Waals surface area (Å²) in [6.07, 6.45) is 3.71. The van der Waals surface area contributed by atoms with Crippen molar-refractivity contribution in [2.24, 2.45) is 5.73 Å². The zero-order valence-corrected chi connectivity index (χ0v) is 12.4. The van der Waals surface area contributed by atoms with E-state index in [0.29, 0.717) is 6.10 Å². The third-order valence-electron chi connectivity index (χ3n) is 3.94. The number of methoxy groups -OCH3 is 1. The second-order valence-corrected chi connectivity index (χ2v) is 5.74. The lowest BCUT2D eigenvalue weighted by atomic mass is 10.0. The molecule has 1 heterocycles. The Morgan fingerprint density at radius 1 is 1.47 bits per heavy atom. The van der Waals surface area contributed by atoms with Crippen LogP contribution in [-0.4, -0.2) is 32.3 Å². The van der Waals surface area contributed by atoms with Crippen LogP contribution in [0.4, 0.5) is 5.69 Å². The smallest absolute Gasteiger partial charge is 0.0746 e. The highest BCUT2D eigenvalue weighted by atomic mass is 16.5. The first-order valence-electron chi connectivity index (χ1n) is 7.23. The predicted molar refractivity (Wildman–Crippen MR) is 80.8 cm³/mol. The van der Waals surface area contributed by atoms with Gasteiger partial charge in [0.25, 0.3) is 0 Å². The molecule has 2 rings (SSSR count). The van der Waals surface area contributed by atoms with Gasteiger partial charge in [-0.05, 0) is 56.4 Å². The molecule has 0 aromatic heterocycles. The topological polar surface area (TPSA) is 38.5 Å². The maximum absolute atomic E-state index is 5.88. The lowest BCUT2D eigenvalue weighted by molar-refractivity contribution is 0.0893. The van der Waals surface area contributed by atoms with Crippen molar-refractivity contribution >= 4 is 5.69 Å². The number of ether oxygens (including phenoxy) is 1. The monoisotopic (exact) mass is 262 g/mol. The summed E-state index contributed by atoms with van der Waals surface area (Å²) < 4.78 is 5.49. The van der Waals surface area contributed by atoms with Crippen molar-refractivity contribution in [3.05, 3.63) is 29.3 Å². The number of anilines is 1. The molecule has 2 unspecified atom stereocenters. The first-order valence-corrected chi connectivity index (χ1v) is 7.23. The van der Waals surface area contributed by atoms with Crippen LogP contribution in [0.3, 0.4) is 0 Å². The van der Waals surface area contributed by atoms with Crippen molar-refractivity contribution in [2.45, 2.75) is 45.3 Å². The highest BCUT2D eigenvalue weighted by Gasteiger charge is 2.19. The summed E-state index contributed by atoms with van der Waals surface area (Å²) in [5, 5.41) is 0. The van der Waals surface area contributed by atoms with Crippen molar-refractivity contribution in [1.29, 1.82) is 0 Å². The molecule has 1 aromatic rings. The molecule has 1 aliphatic rings. The summed E-state index contributed by atoms with van der Waals surface area (Å²) in [5.74, 6) is 0. The third kappa shape index (κ3) is 3.71. The number of hydrogen-bond donors (Lipinski definition) is 1. The molecule has 3 nitrogen and oxygen atoms in total. The standard InChI is InChI=1S/C16H26N2O/c1-12-9-15(7-6-14(12)10-13(2)17)18-8-4-5-16(11-18)19-3/h6-7,9,13,16H,4-5,8,10-11,17H2,1-3H3. The van der Waals surface area contributed by atoms with Gasteiger partial charge in [-0.3, -0.25) is 0 Å². The van der Waals surface area contributed by atoms with Gasteiger partial charge in [-0.1, -0.05) is 6.07 Å². The Morgan fingerprint density at radius 2 is 2.26 bits per heavy atom. The van der Waals surface area contributed by atoms with Crippen molar-refractivity contribution < 1.29 is 4.74 Å². The Morgan fingerprint density at radius 3 is 2.89 bits per heavy atom. The van der Waals surface area contributed by atoms with Gasteiger partial charge in [0.05, 0.1) is 6.10 Å². The second-order valence-electron chi connectivity index (χ2n) is 5.74. The highest BCUT2D eigenvalue weighted by molar-refractivity contribution is 5.51. The van der Waals surface area contributed by atoms with Crippen LogP contribution in [0.5, 0.6) is 0 Å². The van der Waals surface area contributed by atoms with Crippen LogP contribution in [0.25, 0.3) is 0 Å². The Bertz CT molecular complexity index is 417. The van der Waals surface area contributed by atoms with E-state index in [9.17, 15) is 0 Å². The summed E-state index contributed by atoms with van der Waals surface area (Å²) >= 11 is 0. The molecule has 1 saturated heterocycles. The Balaban J connectivity index is 2.10. The lowest BCUT2D eigenvalue weighted by Crippen LogP contribution is -2.39. The minimum atomic E-state index is 0.220. The van der Waals surface area contributed by atoms with Gasteiger partial charge in [-0.2, -0.15) is 0 Å². The first-order chi connectivity index (χ1) is 9.10. The fourth-order valence-electron chi connectivity index (χ4n) is 2.82. The molecule has 106 valence electrons. The van der Waals surface area contributed by atoms with Crippen LogP contribution in [0, 0.1) is 6.92 Å². The van der Waals surface area contributed by atoms with Gasteiger partial charge in [0.15, 0.2) is 0 Å². The zero-order valence-electron chi connectivity index (χ0n) is 12.4. The normalized spacial score (nSPS) is 21.5. The molecule has 0 bridgehead atoms. The maximum Gasteiger partial charge on any atom is 0.0746 e. The van der Waals surface area contributed by atoms with Crippen LogP contribution in [0.1, 0.15) is 30.9 Å². The van der Waals surface area contributed by atoms with E-state index in [4.69, 9.17) is 10.5 Å². The molecule has 0 spiro atoms. The van der Waals surface area contributed by atoms with Gasteiger partial charge in [0, 0.05) is 31.9 Å². The van der Waals surface area contributed by atoms with Gasteiger partial charge in [-0.25, -0.2) is 0 Å². The van der Waals surface area contributed by atoms with Crippen molar-refractivity contribution in [1.82, 2.24) is 0 Å². The summed E-state index contributed by atoms with van der Waals surface area (Å²) in [6, 6.07) is 6.96.